The van der Waals surface area contributed by atoms with Gasteiger partial charge in [0.1, 0.15) is 11.4 Å². The minimum Gasteiger partial charge on any atom is -0.468 e. The van der Waals surface area contributed by atoms with E-state index in [-0.39, 0.29) is 11.5 Å². The number of likely N-dealkylation sites (tertiary alicyclic amines) is 1. The molecule has 0 N–H and O–H groups in total. The Balaban J connectivity index is 1.23. The SMILES string of the molecule is Cc1ncoc1C(=O)N1CC2(CCC(CN(C)Cc3ccco3)CO2)C1. The van der Waals surface area contributed by atoms with Gasteiger partial charge < -0.3 is 18.5 Å². The molecule has 0 aliphatic carbocycles. The van der Waals surface area contributed by atoms with Crippen LogP contribution in [-0.4, -0.2) is 59.6 Å². The zero-order chi connectivity index (χ0) is 18.1. The average molecular weight is 359 g/mol. The fraction of sp³-hybridized carbons (Fsp3) is 0.579. The third kappa shape index (κ3) is 3.41. The van der Waals surface area contributed by atoms with Gasteiger partial charge in [0.05, 0.1) is 38.2 Å². The molecule has 7 heteroatoms. The topological polar surface area (TPSA) is 72.0 Å². The number of aromatic nitrogens is 1. The van der Waals surface area contributed by atoms with E-state index in [4.69, 9.17) is 13.6 Å². The Labute approximate surface area is 152 Å². The molecule has 1 unspecified atom stereocenters. The van der Waals surface area contributed by atoms with Crippen molar-refractivity contribution < 1.29 is 18.4 Å². The van der Waals surface area contributed by atoms with Gasteiger partial charge in [-0.05, 0) is 44.9 Å². The largest absolute Gasteiger partial charge is 0.468 e. The number of hydrogen-bond acceptors (Lipinski definition) is 6. The smallest absolute Gasteiger partial charge is 0.291 e. The predicted octanol–water partition coefficient (Wildman–Crippen LogP) is 2.33. The van der Waals surface area contributed by atoms with Crippen LogP contribution >= 0.6 is 0 Å². The Morgan fingerprint density at radius 2 is 2.27 bits per heavy atom. The Morgan fingerprint density at radius 3 is 2.88 bits per heavy atom. The second kappa shape index (κ2) is 6.89. The van der Waals surface area contributed by atoms with Crippen molar-refractivity contribution in [1.82, 2.24) is 14.8 Å². The lowest BCUT2D eigenvalue weighted by atomic mass is 9.82. The molecule has 7 nitrogen and oxygen atoms in total. The molecule has 26 heavy (non-hydrogen) atoms. The van der Waals surface area contributed by atoms with Crippen molar-refractivity contribution in [2.45, 2.75) is 31.9 Å². The maximum atomic E-state index is 12.4. The zero-order valence-electron chi connectivity index (χ0n) is 15.3. The molecule has 2 fully saturated rings. The Kier molecular flexibility index (Phi) is 4.58. The van der Waals surface area contributed by atoms with Gasteiger partial charge in [-0.1, -0.05) is 0 Å². The highest BCUT2D eigenvalue weighted by Crippen LogP contribution is 2.37. The molecule has 2 saturated heterocycles. The molecular weight excluding hydrogens is 334 g/mol. The fourth-order valence-electron chi connectivity index (χ4n) is 3.93. The first-order chi connectivity index (χ1) is 12.5. The summed E-state index contributed by atoms with van der Waals surface area (Å²) < 4.78 is 16.8. The molecule has 2 aromatic heterocycles. The molecule has 2 aromatic rings. The number of furan rings is 1. The highest BCUT2D eigenvalue weighted by Gasteiger charge is 2.49. The third-order valence-electron chi connectivity index (χ3n) is 5.39. The lowest BCUT2D eigenvalue weighted by Crippen LogP contribution is -2.66. The molecule has 140 valence electrons. The van der Waals surface area contributed by atoms with Crippen molar-refractivity contribution in [1.29, 1.82) is 0 Å². The van der Waals surface area contributed by atoms with Crippen molar-refractivity contribution in [2.24, 2.45) is 5.92 Å². The Morgan fingerprint density at radius 1 is 1.42 bits per heavy atom. The number of aryl methyl sites for hydroxylation is 1. The summed E-state index contributed by atoms with van der Waals surface area (Å²) in [6.07, 6.45) is 5.14. The van der Waals surface area contributed by atoms with Gasteiger partial charge in [-0.3, -0.25) is 9.69 Å². The van der Waals surface area contributed by atoms with Crippen molar-refractivity contribution in [3.05, 3.63) is 42.0 Å². The monoisotopic (exact) mass is 359 g/mol. The van der Waals surface area contributed by atoms with Gasteiger partial charge in [0, 0.05) is 6.54 Å². The summed E-state index contributed by atoms with van der Waals surface area (Å²) in [7, 11) is 2.11. The first-order valence-corrected chi connectivity index (χ1v) is 9.09. The van der Waals surface area contributed by atoms with E-state index in [1.54, 1.807) is 18.1 Å². The number of nitrogens with zero attached hydrogens (tertiary/aromatic N) is 3. The van der Waals surface area contributed by atoms with Crippen LogP contribution in [0.5, 0.6) is 0 Å². The second-order valence-corrected chi connectivity index (χ2v) is 7.60. The maximum absolute atomic E-state index is 12.4. The van der Waals surface area contributed by atoms with Gasteiger partial charge >= 0.3 is 0 Å². The van der Waals surface area contributed by atoms with E-state index in [9.17, 15) is 4.79 Å². The first kappa shape index (κ1) is 17.3. The highest BCUT2D eigenvalue weighted by atomic mass is 16.5. The average Bonchev–Trinajstić information content (AvgIpc) is 3.24. The summed E-state index contributed by atoms with van der Waals surface area (Å²) in [5.74, 6) is 1.75. The normalized spacial score (nSPS) is 22.0. The van der Waals surface area contributed by atoms with Crippen LogP contribution in [-0.2, 0) is 11.3 Å². The molecule has 1 amide bonds. The summed E-state index contributed by atoms with van der Waals surface area (Å²) in [5, 5.41) is 0. The number of oxazole rings is 1. The van der Waals surface area contributed by atoms with Gasteiger partial charge in [0.15, 0.2) is 6.39 Å². The van der Waals surface area contributed by atoms with E-state index in [0.29, 0.717) is 30.5 Å². The van der Waals surface area contributed by atoms with Crippen LogP contribution in [0.15, 0.2) is 33.6 Å². The van der Waals surface area contributed by atoms with Crippen LogP contribution in [0.3, 0.4) is 0 Å². The molecule has 2 aliphatic rings. The van der Waals surface area contributed by atoms with Crippen LogP contribution in [0, 0.1) is 12.8 Å². The minimum atomic E-state index is -0.167. The molecule has 1 spiro atoms. The molecule has 4 rings (SSSR count). The molecule has 0 radical (unpaired) electrons. The zero-order valence-corrected chi connectivity index (χ0v) is 15.3. The third-order valence-corrected chi connectivity index (χ3v) is 5.39. The summed E-state index contributed by atoms with van der Waals surface area (Å²) in [6, 6.07) is 3.92. The van der Waals surface area contributed by atoms with Crippen LogP contribution in [0.4, 0.5) is 0 Å². The van der Waals surface area contributed by atoms with E-state index in [1.165, 1.54) is 6.39 Å². The molecule has 0 aromatic carbocycles. The maximum Gasteiger partial charge on any atom is 0.291 e. The minimum absolute atomic E-state index is 0.0884. The number of rotatable bonds is 5. The van der Waals surface area contributed by atoms with E-state index in [0.717, 1.165) is 38.3 Å². The summed E-state index contributed by atoms with van der Waals surface area (Å²) in [4.78, 5) is 20.5. The quantitative estimate of drug-likeness (QED) is 0.816. The molecule has 2 aliphatic heterocycles. The van der Waals surface area contributed by atoms with E-state index >= 15 is 0 Å². The van der Waals surface area contributed by atoms with Crippen molar-refractivity contribution in [2.75, 3.05) is 33.3 Å². The van der Waals surface area contributed by atoms with Gasteiger partial charge in [-0.25, -0.2) is 4.98 Å². The van der Waals surface area contributed by atoms with Crippen molar-refractivity contribution in [3.8, 4) is 0 Å². The molecule has 0 saturated carbocycles. The summed E-state index contributed by atoms with van der Waals surface area (Å²) in [6.45, 7) is 5.60. The van der Waals surface area contributed by atoms with E-state index < -0.39 is 0 Å². The molecule has 1 atom stereocenters. The van der Waals surface area contributed by atoms with Crippen LogP contribution < -0.4 is 0 Å². The van der Waals surface area contributed by atoms with Gasteiger partial charge in [0.25, 0.3) is 5.91 Å². The summed E-state index contributed by atoms with van der Waals surface area (Å²) in [5.41, 5.74) is 0.472. The Hall–Kier alpha value is -2.12. The number of hydrogen-bond donors (Lipinski definition) is 0. The summed E-state index contributed by atoms with van der Waals surface area (Å²) >= 11 is 0. The van der Waals surface area contributed by atoms with Crippen molar-refractivity contribution in [3.63, 3.8) is 0 Å². The van der Waals surface area contributed by atoms with E-state index in [2.05, 4.69) is 16.9 Å². The predicted molar refractivity (Wildman–Crippen MR) is 93.6 cm³/mol. The number of amides is 1. The molecular formula is C19H25N3O4. The highest BCUT2D eigenvalue weighted by molar-refractivity contribution is 5.93. The van der Waals surface area contributed by atoms with E-state index in [1.807, 2.05) is 12.1 Å². The standard InChI is InChI=1S/C19H25N3O4/c1-14-17(25-13-20-14)18(23)22-11-19(12-22)6-5-15(10-26-19)8-21(2)9-16-4-3-7-24-16/h3-4,7,13,15H,5-6,8-12H2,1-2H3. The second-order valence-electron chi connectivity index (χ2n) is 7.60. The fourth-order valence-corrected chi connectivity index (χ4v) is 3.93. The number of carbonyl (C=O) groups is 1. The van der Waals surface area contributed by atoms with Gasteiger partial charge in [-0.2, -0.15) is 0 Å². The number of carbonyl (C=O) groups excluding carboxylic acids is 1. The first-order valence-electron chi connectivity index (χ1n) is 9.09. The van der Waals surface area contributed by atoms with Crippen LogP contribution in [0.1, 0.15) is 34.9 Å². The molecule has 0 bridgehead atoms. The molecule has 4 heterocycles. The van der Waals surface area contributed by atoms with Gasteiger partial charge in [-0.15, -0.1) is 0 Å². The lowest BCUT2D eigenvalue weighted by molar-refractivity contribution is -0.168. The number of ether oxygens (including phenoxy) is 1. The lowest BCUT2D eigenvalue weighted by Gasteiger charge is -2.52. The Bertz CT molecular complexity index is 739. The van der Waals surface area contributed by atoms with Crippen molar-refractivity contribution >= 4 is 5.91 Å². The van der Waals surface area contributed by atoms with Crippen LogP contribution in [0.25, 0.3) is 0 Å². The van der Waals surface area contributed by atoms with Crippen LogP contribution in [0.2, 0.25) is 0 Å². The van der Waals surface area contributed by atoms with Gasteiger partial charge in [0.2, 0.25) is 5.76 Å².